The highest BCUT2D eigenvalue weighted by Gasteiger charge is 2.23. The molecule has 1 atom stereocenters. The van der Waals surface area contributed by atoms with Gasteiger partial charge in [0.05, 0.1) is 11.8 Å². The fraction of sp³-hybridized carbons (Fsp3) is 0.455. The van der Waals surface area contributed by atoms with Gasteiger partial charge in [-0.3, -0.25) is 9.59 Å². The van der Waals surface area contributed by atoms with Crippen molar-refractivity contribution in [3.8, 4) is 0 Å². The van der Waals surface area contributed by atoms with Crippen LogP contribution in [0.15, 0.2) is 41.0 Å². The predicted octanol–water partition coefficient (Wildman–Crippen LogP) is 4.12. The zero-order chi connectivity index (χ0) is 19.9. The highest BCUT2D eigenvalue weighted by Crippen LogP contribution is 2.23. The van der Waals surface area contributed by atoms with Gasteiger partial charge in [-0.15, -0.1) is 0 Å². The monoisotopic (exact) mass is 383 g/mol. The van der Waals surface area contributed by atoms with Crippen molar-refractivity contribution in [2.45, 2.75) is 52.0 Å². The molecular formula is C22H29N3O3. The van der Waals surface area contributed by atoms with Crippen LogP contribution in [0, 0.1) is 6.92 Å². The molecule has 1 fully saturated rings. The van der Waals surface area contributed by atoms with Crippen LogP contribution in [-0.4, -0.2) is 30.9 Å². The summed E-state index contributed by atoms with van der Waals surface area (Å²) in [5.74, 6) is 0.0697. The van der Waals surface area contributed by atoms with E-state index in [1.54, 1.807) is 13.0 Å². The summed E-state index contributed by atoms with van der Waals surface area (Å²) in [4.78, 5) is 27.7. The molecule has 0 spiro atoms. The molecule has 28 heavy (non-hydrogen) atoms. The SMILES string of the molecule is CCCCC(NC(=O)c1ccoc1C)C(=O)Nc1cccc(N2CCCC2)c1. The molecule has 0 radical (unpaired) electrons. The predicted molar refractivity (Wildman–Crippen MR) is 111 cm³/mol. The number of benzene rings is 1. The molecule has 150 valence electrons. The summed E-state index contributed by atoms with van der Waals surface area (Å²) in [5.41, 5.74) is 2.34. The molecule has 2 heterocycles. The minimum absolute atomic E-state index is 0.193. The normalized spacial score (nSPS) is 14.7. The third-order valence-corrected chi connectivity index (χ3v) is 5.16. The van der Waals surface area contributed by atoms with Crippen molar-refractivity contribution in [2.75, 3.05) is 23.3 Å². The van der Waals surface area contributed by atoms with Crippen LogP contribution in [0.1, 0.15) is 55.1 Å². The lowest BCUT2D eigenvalue weighted by molar-refractivity contribution is -0.118. The summed E-state index contributed by atoms with van der Waals surface area (Å²) in [6.45, 7) is 5.91. The number of rotatable bonds is 8. The molecule has 1 unspecified atom stereocenters. The summed E-state index contributed by atoms with van der Waals surface area (Å²) in [6.07, 6.45) is 6.29. The van der Waals surface area contributed by atoms with Gasteiger partial charge < -0.3 is 20.0 Å². The van der Waals surface area contributed by atoms with Gasteiger partial charge in [-0.25, -0.2) is 0 Å². The highest BCUT2D eigenvalue weighted by atomic mass is 16.3. The first-order valence-electron chi connectivity index (χ1n) is 10.1. The van der Waals surface area contributed by atoms with Crippen LogP contribution >= 0.6 is 0 Å². The largest absolute Gasteiger partial charge is 0.469 e. The van der Waals surface area contributed by atoms with Crippen molar-refractivity contribution in [3.63, 3.8) is 0 Å². The lowest BCUT2D eigenvalue weighted by Crippen LogP contribution is -2.43. The van der Waals surface area contributed by atoms with Crippen molar-refractivity contribution < 1.29 is 14.0 Å². The molecule has 0 aliphatic carbocycles. The Morgan fingerprint density at radius 2 is 2.00 bits per heavy atom. The first kappa shape index (κ1) is 20.0. The molecular weight excluding hydrogens is 354 g/mol. The van der Waals surface area contributed by atoms with Crippen LogP contribution in [0.4, 0.5) is 11.4 Å². The van der Waals surface area contributed by atoms with E-state index < -0.39 is 6.04 Å². The van der Waals surface area contributed by atoms with Gasteiger partial charge in [-0.05, 0) is 50.5 Å². The Morgan fingerprint density at radius 1 is 1.21 bits per heavy atom. The summed E-state index contributed by atoms with van der Waals surface area (Å²) < 4.78 is 5.20. The summed E-state index contributed by atoms with van der Waals surface area (Å²) in [6, 6.07) is 8.95. The number of nitrogens with zero attached hydrogens (tertiary/aromatic N) is 1. The average Bonchev–Trinajstić information content (AvgIpc) is 3.37. The molecule has 6 nitrogen and oxygen atoms in total. The van der Waals surface area contributed by atoms with Gasteiger partial charge in [0.2, 0.25) is 5.91 Å². The summed E-state index contributed by atoms with van der Waals surface area (Å²) >= 11 is 0. The lowest BCUT2D eigenvalue weighted by atomic mass is 10.1. The van der Waals surface area contributed by atoms with E-state index in [2.05, 4.69) is 28.5 Å². The molecule has 2 amide bonds. The van der Waals surface area contributed by atoms with Crippen LogP contribution in [0.2, 0.25) is 0 Å². The van der Waals surface area contributed by atoms with Crippen molar-refractivity contribution in [3.05, 3.63) is 47.9 Å². The van der Waals surface area contributed by atoms with Gasteiger partial charge in [0.15, 0.2) is 0 Å². The van der Waals surface area contributed by atoms with E-state index in [1.165, 1.54) is 19.1 Å². The molecule has 6 heteroatoms. The highest BCUT2D eigenvalue weighted by molar-refractivity contribution is 6.01. The van der Waals surface area contributed by atoms with Crippen LogP contribution in [0.3, 0.4) is 0 Å². The van der Waals surface area contributed by atoms with Crippen molar-refractivity contribution >= 4 is 23.2 Å². The van der Waals surface area contributed by atoms with Crippen LogP contribution in [0.5, 0.6) is 0 Å². The first-order chi connectivity index (χ1) is 13.6. The molecule has 2 N–H and O–H groups in total. The Hall–Kier alpha value is -2.76. The average molecular weight is 383 g/mol. The maximum Gasteiger partial charge on any atom is 0.255 e. The molecule has 1 aliphatic rings. The molecule has 1 aromatic carbocycles. The van der Waals surface area contributed by atoms with Crippen LogP contribution in [0.25, 0.3) is 0 Å². The van der Waals surface area contributed by atoms with E-state index in [9.17, 15) is 9.59 Å². The maximum atomic E-state index is 12.9. The van der Waals surface area contributed by atoms with Gasteiger partial charge in [0, 0.05) is 24.5 Å². The third kappa shape index (κ3) is 4.94. The third-order valence-electron chi connectivity index (χ3n) is 5.16. The van der Waals surface area contributed by atoms with Gasteiger partial charge in [0.25, 0.3) is 5.91 Å². The van der Waals surface area contributed by atoms with Crippen LogP contribution in [-0.2, 0) is 4.79 Å². The second-order valence-electron chi connectivity index (χ2n) is 7.29. The van der Waals surface area contributed by atoms with E-state index in [-0.39, 0.29) is 11.8 Å². The Labute approximate surface area is 166 Å². The molecule has 1 saturated heterocycles. The smallest absolute Gasteiger partial charge is 0.255 e. The minimum Gasteiger partial charge on any atom is -0.469 e. The quantitative estimate of drug-likeness (QED) is 0.719. The molecule has 0 bridgehead atoms. The number of unbranched alkanes of at least 4 members (excludes halogenated alkanes) is 1. The second kappa shape index (κ2) is 9.44. The number of amides is 2. The molecule has 0 saturated carbocycles. The summed E-state index contributed by atoms with van der Waals surface area (Å²) in [7, 11) is 0. The zero-order valence-electron chi connectivity index (χ0n) is 16.7. The summed E-state index contributed by atoms with van der Waals surface area (Å²) in [5, 5.41) is 5.84. The Bertz CT molecular complexity index is 809. The van der Waals surface area contributed by atoms with E-state index >= 15 is 0 Å². The van der Waals surface area contributed by atoms with E-state index in [1.807, 2.05) is 18.2 Å². The second-order valence-corrected chi connectivity index (χ2v) is 7.29. The van der Waals surface area contributed by atoms with E-state index in [0.717, 1.165) is 37.3 Å². The van der Waals surface area contributed by atoms with E-state index in [4.69, 9.17) is 4.42 Å². The fourth-order valence-corrected chi connectivity index (χ4v) is 3.52. The molecule has 1 aromatic heterocycles. The fourth-order valence-electron chi connectivity index (χ4n) is 3.52. The zero-order valence-corrected chi connectivity index (χ0v) is 16.7. The van der Waals surface area contributed by atoms with Gasteiger partial charge in [-0.1, -0.05) is 25.8 Å². The van der Waals surface area contributed by atoms with Gasteiger partial charge in [0.1, 0.15) is 11.8 Å². The maximum absolute atomic E-state index is 12.9. The van der Waals surface area contributed by atoms with Crippen molar-refractivity contribution in [1.29, 1.82) is 0 Å². The molecule has 2 aromatic rings. The number of anilines is 2. The Morgan fingerprint density at radius 3 is 2.68 bits per heavy atom. The Kier molecular flexibility index (Phi) is 6.74. The van der Waals surface area contributed by atoms with Crippen molar-refractivity contribution in [2.24, 2.45) is 0 Å². The number of aryl methyl sites for hydroxylation is 1. The standard InChI is InChI=1S/C22H29N3O3/c1-3-4-10-20(24-21(26)19-11-14-28-16(19)2)22(27)23-17-8-7-9-18(15-17)25-12-5-6-13-25/h7-9,11,14-15,20H,3-6,10,12-13H2,1-2H3,(H,23,27)(H,24,26). The van der Waals surface area contributed by atoms with Gasteiger partial charge in [-0.2, -0.15) is 0 Å². The number of carbonyl (C=O) groups is 2. The number of nitrogens with one attached hydrogen (secondary N) is 2. The Balaban J connectivity index is 1.68. The van der Waals surface area contributed by atoms with Crippen molar-refractivity contribution in [1.82, 2.24) is 5.32 Å². The topological polar surface area (TPSA) is 74.6 Å². The number of furan rings is 1. The first-order valence-corrected chi connectivity index (χ1v) is 10.1. The van der Waals surface area contributed by atoms with Gasteiger partial charge >= 0.3 is 0 Å². The number of hydrogen-bond acceptors (Lipinski definition) is 4. The lowest BCUT2D eigenvalue weighted by Gasteiger charge is -2.20. The van der Waals surface area contributed by atoms with E-state index in [0.29, 0.717) is 17.7 Å². The van der Waals surface area contributed by atoms with Crippen LogP contribution < -0.4 is 15.5 Å². The minimum atomic E-state index is -0.586. The number of hydrogen-bond donors (Lipinski definition) is 2. The molecule has 3 rings (SSSR count). The molecule has 1 aliphatic heterocycles. The number of carbonyl (C=O) groups excluding carboxylic acids is 2.